The second-order valence-corrected chi connectivity index (χ2v) is 6.08. The first-order chi connectivity index (χ1) is 9.01. The zero-order valence-electron chi connectivity index (χ0n) is 10.6. The summed E-state index contributed by atoms with van der Waals surface area (Å²) in [5.74, 6) is 0.674. The maximum Gasteiger partial charge on any atom is 0.137 e. The van der Waals surface area contributed by atoms with Gasteiger partial charge in [0.05, 0.1) is 17.0 Å². The van der Waals surface area contributed by atoms with Crippen molar-refractivity contribution < 1.29 is 4.74 Å². The van der Waals surface area contributed by atoms with Crippen LogP contribution in [0.4, 0.5) is 0 Å². The van der Waals surface area contributed by atoms with E-state index in [9.17, 15) is 0 Å². The highest BCUT2D eigenvalue weighted by atomic mass is 79.9. The lowest BCUT2D eigenvalue weighted by molar-refractivity contribution is 0.415. The van der Waals surface area contributed by atoms with Crippen molar-refractivity contribution in [1.82, 2.24) is 0 Å². The molecule has 4 heteroatoms. The molecular formula is C15H13BrCl2O. The SMILES string of the molecule is COc1ccc(C(Br)c2cc(C)cc(Cl)c2)cc1Cl. The minimum absolute atomic E-state index is 0.0494. The number of halogens is 3. The Labute approximate surface area is 131 Å². The van der Waals surface area contributed by atoms with Crippen molar-refractivity contribution in [3.05, 3.63) is 63.1 Å². The molecule has 2 rings (SSSR count). The summed E-state index contributed by atoms with van der Waals surface area (Å²) in [6.45, 7) is 2.02. The fourth-order valence-corrected chi connectivity index (χ4v) is 3.06. The van der Waals surface area contributed by atoms with Gasteiger partial charge in [0.1, 0.15) is 5.75 Å². The summed E-state index contributed by atoms with van der Waals surface area (Å²) in [5, 5.41) is 1.34. The third kappa shape index (κ3) is 3.44. The first kappa shape index (κ1) is 14.7. The van der Waals surface area contributed by atoms with Gasteiger partial charge in [0.25, 0.3) is 0 Å². The van der Waals surface area contributed by atoms with E-state index in [0.717, 1.165) is 21.7 Å². The number of ether oxygens (including phenoxy) is 1. The molecule has 1 unspecified atom stereocenters. The molecule has 0 saturated heterocycles. The Morgan fingerprint density at radius 1 is 1.05 bits per heavy atom. The van der Waals surface area contributed by atoms with Gasteiger partial charge < -0.3 is 4.74 Å². The fraction of sp³-hybridized carbons (Fsp3) is 0.200. The van der Waals surface area contributed by atoms with Crippen molar-refractivity contribution >= 4 is 39.1 Å². The van der Waals surface area contributed by atoms with Crippen LogP contribution in [0.1, 0.15) is 21.5 Å². The summed E-state index contributed by atoms with van der Waals surface area (Å²) < 4.78 is 5.16. The lowest BCUT2D eigenvalue weighted by Crippen LogP contribution is -1.95. The molecule has 0 amide bonds. The summed E-state index contributed by atoms with van der Waals surface area (Å²) in [4.78, 5) is 0.0494. The van der Waals surface area contributed by atoms with E-state index >= 15 is 0 Å². The number of rotatable bonds is 3. The molecule has 1 nitrogen and oxygen atoms in total. The van der Waals surface area contributed by atoms with Crippen molar-refractivity contribution in [2.75, 3.05) is 7.11 Å². The second kappa shape index (κ2) is 6.17. The predicted molar refractivity (Wildman–Crippen MR) is 85.0 cm³/mol. The van der Waals surface area contributed by atoms with Crippen LogP contribution in [0.25, 0.3) is 0 Å². The van der Waals surface area contributed by atoms with E-state index in [2.05, 4.69) is 22.0 Å². The maximum absolute atomic E-state index is 6.15. The van der Waals surface area contributed by atoms with E-state index in [1.54, 1.807) is 7.11 Å². The zero-order chi connectivity index (χ0) is 14.0. The highest BCUT2D eigenvalue weighted by Gasteiger charge is 2.13. The monoisotopic (exact) mass is 358 g/mol. The van der Waals surface area contributed by atoms with Crippen LogP contribution in [0.15, 0.2) is 36.4 Å². The van der Waals surface area contributed by atoms with Crippen LogP contribution in [0.5, 0.6) is 5.75 Å². The lowest BCUT2D eigenvalue weighted by atomic mass is 10.0. The number of hydrogen-bond donors (Lipinski definition) is 0. The first-order valence-electron chi connectivity index (χ1n) is 5.76. The summed E-state index contributed by atoms with van der Waals surface area (Å²) in [6.07, 6.45) is 0. The third-order valence-electron chi connectivity index (χ3n) is 2.83. The largest absolute Gasteiger partial charge is 0.495 e. The van der Waals surface area contributed by atoms with Gasteiger partial charge in [-0.3, -0.25) is 0 Å². The van der Waals surface area contributed by atoms with E-state index in [0.29, 0.717) is 10.8 Å². The minimum atomic E-state index is 0.0494. The van der Waals surface area contributed by atoms with Gasteiger partial charge in [0, 0.05) is 5.02 Å². The molecular weight excluding hydrogens is 347 g/mol. The molecule has 0 radical (unpaired) electrons. The van der Waals surface area contributed by atoms with Crippen molar-refractivity contribution in [1.29, 1.82) is 0 Å². The van der Waals surface area contributed by atoms with Gasteiger partial charge in [-0.15, -0.1) is 0 Å². The molecule has 0 saturated carbocycles. The average molecular weight is 360 g/mol. The van der Waals surface area contributed by atoms with Gasteiger partial charge in [-0.25, -0.2) is 0 Å². The number of benzene rings is 2. The molecule has 100 valence electrons. The maximum atomic E-state index is 6.15. The highest BCUT2D eigenvalue weighted by molar-refractivity contribution is 9.09. The molecule has 19 heavy (non-hydrogen) atoms. The summed E-state index contributed by atoms with van der Waals surface area (Å²) in [5.41, 5.74) is 3.30. The standard InChI is InChI=1S/C15H13BrCl2O/c1-9-5-11(7-12(17)6-9)15(16)10-3-4-14(19-2)13(18)8-10/h3-8,15H,1-2H3. The van der Waals surface area contributed by atoms with E-state index in [4.69, 9.17) is 27.9 Å². The van der Waals surface area contributed by atoms with Gasteiger partial charge in [-0.05, 0) is 47.9 Å². The Hall–Kier alpha value is -0.700. The zero-order valence-corrected chi connectivity index (χ0v) is 13.7. The molecule has 2 aromatic carbocycles. The first-order valence-corrected chi connectivity index (χ1v) is 7.43. The van der Waals surface area contributed by atoms with Crippen LogP contribution in [-0.4, -0.2) is 7.11 Å². The van der Waals surface area contributed by atoms with Gasteiger partial charge in [0.15, 0.2) is 0 Å². The number of methoxy groups -OCH3 is 1. The normalized spacial score (nSPS) is 12.3. The number of alkyl halides is 1. The highest BCUT2D eigenvalue weighted by Crippen LogP contribution is 2.36. The van der Waals surface area contributed by atoms with E-state index in [-0.39, 0.29) is 4.83 Å². The molecule has 0 aliphatic heterocycles. The van der Waals surface area contributed by atoms with Gasteiger partial charge >= 0.3 is 0 Å². The van der Waals surface area contributed by atoms with Crippen LogP contribution in [0, 0.1) is 6.92 Å². The van der Waals surface area contributed by atoms with Crippen LogP contribution in [0.2, 0.25) is 10.0 Å². The summed E-state index contributed by atoms with van der Waals surface area (Å²) in [7, 11) is 1.60. The Kier molecular flexibility index (Phi) is 4.77. The van der Waals surface area contributed by atoms with Crippen LogP contribution in [0.3, 0.4) is 0 Å². The Morgan fingerprint density at radius 2 is 1.79 bits per heavy atom. The summed E-state index contributed by atoms with van der Waals surface area (Å²) >= 11 is 15.9. The minimum Gasteiger partial charge on any atom is -0.495 e. The van der Waals surface area contributed by atoms with Gasteiger partial charge in [0.2, 0.25) is 0 Å². The Balaban J connectivity index is 2.38. The molecule has 0 aromatic heterocycles. The predicted octanol–water partition coefficient (Wildman–Crippen LogP) is 5.79. The average Bonchev–Trinajstić information content (AvgIpc) is 2.36. The van der Waals surface area contributed by atoms with Gasteiger partial charge in [-0.2, -0.15) is 0 Å². The van der Waals surface area contributed by atoms with Gasteiger partial charge in [-0.1, -0.05) is 51.3 Å². The Morgan fingerprint density at radius 3 is 2.37 bits per heavy atom. The molecule has 0 heterocycles. The molecule has 2 aromatic rings. The van der Waals surface area contributed by atoms with Crippen LogP contribution < -0.4 is 4.74 Å². The molecule has 0 spiro atoms. The molecule has 1 atom stereocenters. The summed E-state index contributed by atoms with van der Waals surface area (Å²) in [6, 6.07) is 11.7. The topological polar surface area (TPSA) is 9.23 Å². The van der Waals surface area contributed by atoms with Crippen molar-refractivity contribution in [2.45, 2.75) is 11.8 Å². The number of hydrogen-bond acceptors (Lipinski definition) is 1. The quantitative estimate of drug-likeness (QED) is 0.629. The van der Waals surface area contributed by atoms with Crippen LogP contribution in [-0.2, 0) is 0 Å². The second-order valence-electron chi connectivity index (χ2n) is 4.32. The third-order valence-corrected chi connectivity index (χ3v) is 4.40. The molecule has 0 fully saturated rings. The fourth-order valence-electron chi connectivity index (χ4n) is 1.94. The van der Waals surface area contributed by atoms with E-state index < -0.39 is 0 Å². The molecule has 0 bridgehead atoms. The lowest BCUT2D eigenvalue weighted by Gasteiger charge is -2.13. The Bertz CT molecular complexity index is 578. The number of aryl methyl sites for hydroxylation is 1. The molecule has 0 aliphatic rings. The van der Waals surface area contributed by atoms with E-state index in [1.165, 1.54) is 0 Å². The molecule has 0 N–H and O–H groups in total. The van der Waals surface area contributed by atoms with Crippen molar-refractivity contribution in [3.63, 3.8) is 0 Å². The smallest absolute Gasteiger partial charge is 0.137 e. The van der Waals surface area contributed by atoms with Crippen LogP contribution >= 0.6 is 39.1 Å². The molecule has 0 aliphatic carbocycles. The van der Waals surface area contributed by atoms with Crippen molar-refractivity contribution in [2.24, 2.45) is 0 Å². The van der Waals surface area contributed by atoms with Crippen molar-refractivity contribution in [3.8, 4) is 5.75 Å². The van der Waals surface area contributed by atoms with E-state index in [1.807, 2.05) is 37.3 Å².